The van der Waals surface area contributed by atoms with Gasteiger partial charge in [-0.05, 0) is 64.0 Å². The minimum atomic E-state index is -0.785. The molecule has 0 atom stereocenters. The fourth-order valence-corrected chi connectivity index (χ4v) is 3.14. The van der Waals surface area contributed by atoms with E-state index in [-0.39, 0.29) is 6.09 Å². The van der Waals surface area contributed by atoms with Gasteiger partial charge in [-0.15, -0.1) is 0 Å². The predicted molar refractivity (Wildman–Crippen MR) is 103 cm³/mol. The van der Waals surface area contributed by atoms with Crippen LogP contribution in [-0.2, 0) is 11.2 Å². The lowest BCUT2D eigenvalue weighted by atomic mass is 9.87. The molecule has 1 aromatic rings. The van der Waals surface area contributed by atoms with Crippen molar-refractivity contribution in [1.82, 2.24) is 9.88 Å². The molecule has 5 heteroatoms. The predicted octanol–water partition coefficient (Wildman–Crippen LogP) is 4.29. The highest BCUT2D eigenvalue weighted by Gasteiger charge is 2.36. The van der Waals surface area contributed by atoms with Gasteiger partial charge in [0.2, 0.25) is 0 Å². The summed E-state index contributed by atoms with van der Waals surface area (Å²) in [6.07, 6.45) is 5.84. The van der Waals surface area contributed by atoms with Crippen molar-refractivity contribution in [2.75, 3.05) is 13.1 Å². The van der Waals surface area contributed by atoms with E-state index in [0.29, 0.717) is 38.3 Å². The van der Waals surface area contributed by atoms with Crippen molar-refractivity contribution in [3.8, 4) is 0 Å². The number of hydrogen-bond acceptors (Lipinski definition) is 4. The standard InChI is InChI=1S/C19H28N2O3.C2H6/c1-18(2,3)24-17(22)21-10-8-19(23,9-11-21)12-16-7-6-15(13-20-16)14-4-5-14;1-2/h6-7,13-14,23H,4-5,8-12H2,1-3H3;1-2H3. The summed E-state index contributed by atoms with van der Waals surface area (Å²) in [4.78, 5) is 18.3. The fourth-order valence-electron chi connectivity index (χ4n) is 3.14. The van der Waals surface area contributed by atoms with Gasteiger partial charge in [0.05, 0.1) is 5.60 Å². The van der Waals surface area contributed by atoms with Crippen molar-refractivity contribution < 1.29 is 14.6 Å². The molecule has 0 unspecified atom stereocenters. The van der Waals surface area contributed by atoms with E-state index in [1.807, 2.05) is 46.9 Å². The second kappa shape index (κ2) is 8.38. The number of likely N-dealkylation sites (tertiary alicyclic amines) is 1. The topological polar surface area (TPSA) is 62.7 Å². The number of nitrogens with zero attached hydrogens (tertiary/aromatic N) is 2. The van der Waals surface area contributed by atoms with Crippen molar-refractivity contribution in [3.63, 3.8) is 0 Å². The summed E-state index contributed by atoms with van der Waals surface area (Å²) in [5, 5.41) is 10.8. The molecule has 2 fully saturated rings. The SMILES string of the molecule is CC.CC(C)(C)OC(=O)N1CCC(O)(Cc2ccc(C3CC3)cn2)CC1. The summed E-state index contributed by atoms with van der Waals surface area (Å²) >= 11 is 0. The van der Waals surface area contributed by atoms with Crippen molar-refractivity contribution in [2.24, 2.45) is 0 Å². The number of rotatable bonds is 3. The maximum absolute atomic E-state index is 12.1. The number of amides is 1. The van der Waals surface area contributed by atoms with Gasteiger partial charge in [-0.3, -0.25) is 4.98 Å². The molecule has 5 nitrogen and oxygen atoms in total. The molecule has 1 aliphatic heterocycles. The summed E-state index contributed by atoms with van der Waals surface area (Å²) < 4.78 is 5.40. The average Bonchev–Trinajstić information content (AvgIpc) is 3.41. The Morgan fingerprint density at radius 1 is 1.27 bits per heavy atom. The van der Waals surface area contributed by atoms with Gasteiger partial charge in [-0.1, -0.05) is 19.9 Å². The first kappa shape index (κ1) is 20.7. The number of hydrogen-bond donors (Lipinski definition) is 1. The maximum Gasteiger partial charge on any atom is 0.410 e. The Balaban J connectivity index is 0.00000117. The second-order valence-corrected chi connectivity index (χ2v) is 8.23. The van der Waals surface area contributed by atoms with Crippen LogP contribution >= 0.6 is 0 Å². The molecule has 26 heavy (non-hydrogen) atoms. The van der Waals surface area contributed by atoms with Gasteiger partial charge in [0, 0.05) is 31.4 Å². The molecule has 1 saturated carbocycles. The summed E-state index contributed by atoms with van der Waals surface area (Å²) in [6, 6.07) is 4.17. The van der Waals surface area contributed by atoms with Crippen LogP contribution < -0.4 is 0 Å². The van der Waals surface area contributed by atoms with E-state index < -0.39 is 11.2 Å². The van der Waals surface area contributed by atoms with E-state index in [4.69, 9.17) is 4.74 Å². The summed E-state index contributed by atoms with van der Waals surface area (Å²) in [7, 11) is 0. The van der Waals surface area contributed by atoms with Crippen LogP contribution in [0.5, 0.6) is 0 Å². The van der Waals surface area contributed by atoms with Gasteiger partial charge in [0.15, 0.2) is 0 Å². The monoisotopic (exact) mass is 362 g/mol. The zero-order valence-corrected chi connectivity index (χ0v) is 16.9. The van der Waals surface area contributed by atoms with Crippen molar-refractivity contribution in [1.29, 1.82) is 0 Å². The Morgan fingerprint density at radius 3 is 2.35 bits per heavy atom. The molecule has 3 rings (SSSR count). The number of piperidine rings is 1. The van der Waals surface area contributed by atoms with Crippen molar-refractivity contribution in [2.45, 2.75) is 83.8 Å². The molecule has 0 spiro atoms. The lowest BCUT2D eigenvalue weighted by molar-refractivity contribution is -0.0319. The lowest BCUT2D eigenvalue weighted by Gasteiger charge is -2.38. The first-order chi connectivity index (χ1) is 12.2. The highest BCUT2D eigenvalue weighted by atomic mass is 16.6. The van der Waals surface area contributed by atoms with E-state index in [2.05, 4.69) is 11.1 Å². The largest absolute Gasteiger partial charge is 0.444 e. The van der Waals surface area contributed by atoms with Crippen LogP contribution in [-0.4, -0.2) is 45.4 Å². The van der Waals surface area contributed by atoms with Gasteiger partial charge in [0.25, 0.3) is 0 Å². The first-order valence-electron chi connectivity index (χ1n) is 9.89. The molecule has 0 radical (unpaired) electrons. The van der Waals surface area contributed by atoms with Crippen LogP contribution in [0.4, 0.5) is 4.79 Å². The van der Waals surface area contributed by atoms with E-state index in [1.165, 1.54) is 18.4 Å². The second-order valence-electron chi connectivity index (χ2n) is 8.23. The Bertz CT molecular complexity index is 580. The zero-order valence-electron chi connectivity index (χ0n) is 16.9. The minimum absolute atomic E-state index is 0.295. The van der Waals surface area contributed by atoms with Crippen LogP contribution in [0.3, 0.4) is 0 Å². The normalized spacial score (nSPS) is 19.4. The molecule has 0 aromatic carbocycles. The van der Waals surface area contributed by atoms with Crippen LogP contribution in [0.1, 0.15) is 77.5 Å². The third-order valence-electron chi connectivity index (χ3n) is 4.75. The number of pyridine rings is 1. The Labute approximate surface area is 157 Å². The van der Waals surface area contributed by atoms with E-state index >= 15 is 0 Å². The molecular formula is C21H34N2O3. The molecule has 1 aromatic heterocycles. The summed E-state index contributed by atoms with van der Waals surface area (Å²) in [5.41, 5.74) is 0.961. The van der Waals surface area contributed by atoms with Gasteiger partial charge in [-0.25, -0.2) is 4.79 Å². The maximum atomic E-state index is 12.1. The zero-order chi connectivity index (χ0) is 19.4. The smallest absolute Gasteiger partial charge is 0.410 e. The number of aliphatic hydroxyl groups is 1. The molecular weight excluding hydrogens is 328 g/mol. The number of carbonyl (C=O) groups is 1. The molecule has 1 saturated heterocycles. The third kappa shape index (κ3) is 5.97. The fraction of sp³-hybridized carbons (Fsp3) is 0.714. The molecule has 2 heterocycles. The van der Waals surface area contributed by atoms with Crippen molar-refractivity contribution >= 4 is 6.09 Å². The molecule has 146 valence electrons. The number of aromatic nitrogens is 1. The highest BCUT2D eigenvalue weighted by Crippen LogP contribution is 2.39. The Hall–Kier alpha value is -1.62. The van der Waals surface area contributed by atoms with E-state index in [9.17, 15) is 9.90 Å². The lowest BCUT2D eigenvalue weighted by Crippen LogP contribution is -2.49. The van der Waals surface area contributed by atoms with E-state index in [1.54, 1.807) is 4.90 Å². The van der Waals surface area contributed by atoms with Crippen LogP contribution in [0, 0.1) is 0 Å². The molecule has 1 amide bonds. The summed E-state index contributed by atoms with van der Waals surface area (Å²) in [5.74, 6) is 0.701. The van der Waals surface area contributed by atoms with E-state index in [0.717, 1.165) is 5.69 Å². The van der Waals surface area contributed by atoms with Gasteiger partial charge >= 0.3 is 6.09 Å². The van der Waals surface area contributed by atoms with Crippen LogP contribution in [0.25, 0.3) is 0 Å². The van der Waals surface area contributed by atoms with Gasteiger partial charge in [0.1, 0.15) is 5.60 Å². The third-order valence-corrected chi connectivity index (χ3v) is 4.75. The van der Waals surface area contributed by atoms with Gasteiger partial charge < -0.3 is 14.7 Å². The number of ether oxygens (including phenoxy) is 1. The van der Waals surface area contributed by atoms with Crippen LogP contribution in [0.15, 0.2) is 18.3 Å². The minimum Gasteiger partial charge on any atom is -0.444 e. The molecule has 0 bridgehead atoms. The number of carbonyl (C=O) groups excluding carboxylic acids is 1. The van der Waals surface area contributed by atoms with Crippen LogP contribution in [0.2, 0.25) is 0 Å². The Morgan fingerprint density at radius 2 is 1.88 bits per heavy atom. The first-order valence-corrected chi connectivity index (χ1v) is 9.89. The van der Waals surface area contributed by atoms with Crippen molar-refractivity contribution in [3.05, 3.63) is 29.6 Å². The van der Waals surface area contributed by atoms with Gasteiger partial charge in [-0.2, -0.15) is 0 Å². The molecule has 2 aliphatic rings. The average molecular weight is 363 g/mol. The Kier molecular flexibility index (Phi) is 6.67. The quantitative estimate of drug-likeness (QED) is 0.871. The molecule has 1 N–H and O–H groups in total. The highest BCUT2D eigenvalue weighted by molar-refractivity contribution is 5.68. The summed E-state index contributed by atoms with van der Waals surface area (Å²) in [6.45, 7) is 10.6. The molecule has 1 aliphatic carbocycles.